The number of benzene rings is 1. The lowest BCUT2D eigenvalue weighted by atomic mass is 10.0. The number of hydrogen-bond donors (Lipinski definition) is 2. The standard InChI is InChI=1S/C18H27ClN6O/c1-5-25(6-2)16(14-9-7-8-10-15(14)19)11-21-18(20-4)22-12-17-23-13(3)24-26-17/h7-10,16H,5-6,11-12H2,1-4H3,(H2,20,21,22). The monoisotopic (exact) mass is 378 g/mol. The molecule has 2 aromatic rings. The van der Waals surface area contributed by atoms with Crippen LogP contribution in [0.25, 0.3) is 0 Å². The lowest BCUT2D eigenvalue weighted by molar-refractivity contribution is 0.219. The van der Waals surface area contributed by atoms with Gasteiger partial charge in [-0.3, -0.25) is 9.89 Å². The maximum absolute atomic E-state index is 6.44. The van der Waals surface area contributed by atoms with Crippen molar-refractivity contribution in [2.24, 2.45) is 4.99 Å². The molecule has 7 nitrogen and oxygen atoms in total. The first kappa shape index (κ1) is 20.2. The lowest BCUT2D eigenvalue weighted by Crippen LogP contribution is -2.43. The van der Waals surface area contributed by atoms with E-state index >= 15 is 0 Å². The van der Waals surface area contributed by atoms with E-state index in [0.29, 0.717) is 30.8 Å². The predicted molar refractivity (Wildman–Crippen MR) is 104 cm³/mol. The average molecular weight is 379 g/mol. The summed E-state index contributed by atoms with van der Waals surface area (Å²) in [6.45, 7) is 9.05. The van der Waals surface area contributed by atoms with E-state index < -0.39 is 0 Å². The summed E-state index contributed by atoms with van der Waals surface area (Å²) in [5, 5.41) is 11.1. The molecule has 1 aromatic carbocycles. The van der Waals surface area contributed by atoms with Gasteiger partial charge in [0.15, 0.2) is 11.8 Å². The second-order valence-electron chi connectivity index (χ2n) is 5.80. The van der Waals surface area contributed by atoms with Crippen LogP contribution in [0.2, 0.25) is 5.02 Å². The number of halogens is 1. The zero-order valence-electron chi connectivity index (χ0n) is 15.8. The van der Waals surface area contributed by atoms with Crippen LogP contribution in [-0.2, 0) is 6.54 Å². The number of likely N-dealkylation sites (N-methyl/N-ethyl adjacent to an activating group) is 1. The third-order valence-electron chi connectivity index (χ3n) is 4.18. The number of aryl methyl sites for hydroxylation is 1. The van der Waals surface area contributed by atoms with Crippen molar-refractivity contribution in [1.82, 2.24) is 25.7 Å². The Hall–Kier alpha value is -2.12. The smallest absolute Gasteiger partial charge is 0.246 e. The fourth-order valence-corrected chi connectivity index (χ4v) is 3.09. The van der Waals surface area contributed by atoms with Gasteiger partial charge in [-0.2, -0.15) is 4.98 Å². The topological polar surface area (TPSA) is 78.6 Å². The SMILES string of the molecule is CCN(CC)C(CNC(=NC)NCc1nc(C)no1)c1ccccc1Cl. The fourth-order valence-electron chi connectivity index (χ4n) is 2.83. The Bertz CT molecular complexity index is 713. The highest BCUT2D eigenvalue weighted by Crippen LogP contribution is 2.26. The third-order valence-corrected chi connectivity index (χ3v) is 4.52. The van der Waals surface area contributed by atoms with Crippen LogP contribution in [0.4, 0.5) is 0 Å². The van der Waals surface area contributed by atoms with Crippen LogP contribution in [0.5, 0.6) is 0 Å². The molecule has 0 bridgehead atoms. The summed E-state index contributed by atoms with van der Waals surface area (Å²) in [5.41, 5.74) is 1.10. The molecule has 0 radical (unpaired) electrons. The molecule has 1 aromatic heterocycles. The van der Waals surface area contributed by atoms with Gasteiger partial charge in [-0.05, 0) is 31.6 Å². The van der Waals surface area contributed by atoms with E-state index in [4.69, 9.17) is 16.1 Å². The van der Waals surface area contributed by atoms with Crippen molar-refractivity contribution in [2.75, 3.05) is 26.7 Å². The number of hydrogen-bond acceptors (Lipinski definition) is 5. The van der Waals surface area contributed by atoms with Crippen molar-refractivity contribution < 1.29 is 4.52 Å². The zero-order valence-corrected chi connectivity index (χ0v) is 16.5. The molecule has 0 spiro atoms. The van der Waals surface area contributed by atoms with E-state index in [9.17, 15) is 0 Å². The Kier molecular flexibility index (Phi) is 7.87. The van der Waals surface area contributed by atoms with Crippen molar-refractivity contribution in [2.45, 2.75) is 33.4 Å². The molecule has 1 heterocycles. The van der Waals surface area contributed by atoms with E-state index in [1.165, 1.54) is 0 Å². The molecule has 26 heavy (non-hydrogen) atoms. The normalized spacial score (nSPS) is 13.1. The highest BCUT2D eigenvalue weighted by atomic mass is 35.5. The molecule has 0 fully saturated rings. The summed E-state index contributed by atoms with van der Waals surface area (Å²) in [6.07, 6.45) is 0. The molecule has 2 rings (SSSR count). The first-order valence-electron chi connectivity index (χ1n) is 8.81. The Balaban J connectivity index is 2.03. The molecule has 0 aliphatic carbocycles. The minimum absolute atomic E-state index is 0.142. The highest BCUT2D eigenvalue weighted by Gasteiger charge is 2.20. The van der Waals surface area contributed by atoms with Gasteiger partial charge < -0.3 is 15.2 Å². The third kappa shape index (κ3) is 5.44. The Morgan fingerprint density at radius 3 is 2.58 bits per heavy atom. The van der Waals surface area contributed by atoms with Crippen LogP contribution < -0.4 is 10.6 Å². The van der Waals surface area contributed by atoms with E-state index in [1.54, 1.807) is 14.0 Å². The van der Waals surface area contributed by atoms with Gasteiger partial charge in [0.1, 0.15) is 0 Å². The van der Waals surface area contributed by atoms with Crippen LogP contribution in [-0.4, -0.2) is 47.7 Å². The summed E-state index contributed by atoms with van der Waals surface area (Å²) >= 11 is 6.44. The van der Waals surface area contributed by atoms with Gasteiger partial charge in [0.2, 0.25) is 5.89 Å². The first-order chi connectivity index (χ1) is 12.6. The second-order valence-corrected chi connectivity index (χ2v) is 6.21. The maximum atomic E-state index is 6.44. The lowest BCUT2D eigenvalue weighted by Gasteiger charge is -2.31. The van der Waals surface area contributed by atoms with Crippen molar-refractivity contribution in [3.8, 4) is 0 Å². The van der Waals surface area contributed by atoms with E-state index in [2.05, 4.69) is 50.6 Å². The number of rotatable bonds is 8. The van der Waals surface area contributed by atoms with Gasteiger partial charge in [-0.25, -0.2) is 0 Å². The molecule has 0 saturated heterocycles. The van der Waals surface area contributed by atoms with E-state index in [0.717, 1.165) is 23.7 Å². The van der Waals surface area contributed by atoms with E-state index in [-0.39, 0.29) is 6.04 Å². The molecule has 0 amide bonds. The van der Waals surface area contributed by atoms with Crippen LogP contribution in [0.15, 0.2) is 33.8 Å². The predicted octanol–water partition coefficient (Wildman–Crippen LogP) is 2.78. The summed E-state index contributed by atoms with van der Waals surface area (Å²) in [4.78, 5) is 10.8. The molecule has 2 N–H and O–H groups in total. The van der Waals surface area contributed by atoms with Crippen LogP contribution >= 0.6 is 11.6 Å². The molecule has 0 aliphatic rings. The molecule has 1 unspecified atom stereocenters. The number of nitrogens with zero attached hydrogens (tertiary/aromatic N) is 4. The number of nitrogens with one attached hydrogen (secondary N) is 2. The Labute approximate surface area is 159 Å². The number of guanidine groups is 1. The van der Waals surface area contributed by atoms with E-state index in [1.807, 2.05) is 18.2 Å². The number of aliphatic imine (C=N–C) groups is 1. The van der Waals surface area contributed by atoms with Crippen molar-refractivity contribution in [3.63, 3.8) is 0 Å². The summed E-state index contributed by atoms with van der Waals surface area (Å²) in [7, 11) is 1.73. The number of aromatic nitrogens is 2. The Morgan fingerprint density at radius 1 is 1.27 bits per heavy atom. The molecular formula is C18H27ClN6O. The van der Waals surface area contributed by atoms with Gasteiger partial charge in [0.25, 0.3) is 0 Å². The quantitative estimate of drug-likeness (QED) is 0.543. The van der Waals surface area contributed by atoms with Gasteiger partial charge in [-0.15, -0.1) is 0 Å². The van der Waals surface area contributed by atoms with Crippen LogP contribution in [0.3, 0.4) is 0 Å². The Morgan fingerprint density at radius 2 is 2.00 bits per heavy atom. The minimum Gasteiger partial charge on any atom is -0.354 e. The van der Waals surface area contributed by atoms with Crippen LogP contribution in [0.1, 0.15) is 37.2 Å². The summed E-state index contributed by atoms with van der Waals surface area (Å²) < 4.78 is 5.11. The van der Waals surface area contributed by atoms with Gasteiger partial charge in [-0.1, -0.05) is 48.8 Å². The maximum Gasteiger partial charge on any atom is 0.246 e. The van der Waals surface area contributed by atoms with Crippen molar-refractivity contribution >= 4 is 17.6 Å². The molecular weight excluding hydrogens is 352 g/mol. The molecule has 1 atom stereocenters. The molecule has 0 saturated carbocycles. The molecule has 8 heteroatoms. The van der Waals surface area contributed by atoms with Gasteiger partial charge in [0, 0.05) is 18.6 Å². The van der Waals surface area contributed by atoms with Crippen molar-refractivity contribution in [1.29, 1.82) is 0 Å². The van der Waals surface area contributed by atoms with Gasteiger partial charge in [0.05, 0.1) is 12.6 Å². The largest absolute Gasteiger partial charge is 0.354 e. The highest BCUT2D eigenvalue weighted by molar-refractivity contribution is 6.31. The van der Waals surface area contributed by atoms with Crippen molar-refractivity contribution in [3.05, 3.63) is 46.6 Å². The average Bonchev–Trinajstić information content (AvgIpc) is 3.07. The second kappa shape index (κ2) is 10.1. The van der Waals surface area contributed by atoms with Gasteiger partial charge >= 0.3 is 0 Å². The molecule has 0 aliphatic heterocycles. The molecule has 142 valence electrons. The first-order valence-corrected chi connectivity index (χ1v) is 9.19. The van der Waals surface area contributed by atoms with Crippen LogP contribution in [0, 0.1) is 6.92 Å². The summed E-state index contributed by atoms with van der Waals surface area (Å²) in [6, 6.07) is 8.11. The minimum atomic E-state index is 0.142. The summed E-state index contributed by atoms with van der Waals surface area (Å²) in [5.74, 6) is 1.81. The zero-order chi connectivity index (χ0) is 18.9. The fraction of sp³-hybridized carbons (Fsp3) is 0.500.